The van der Waals surface area contributed by atoms with E-state index in [2.05, 4.69) is 15.0 Å². The third-order valence-corrected chi connectivity index (χ3v) is 10.9. The second kappa shape index (κ2) is 21.4. The molecule has 77 heavy (non-hydrogen) atoms. The first-order valence-corrected chi connectivity index (χ1v) is 20.5. The van der Waals surface area contributed by atoms with Crippen molar-refractivity contribution in [1.82, 2.24) is 4.98 Å². The van der Waals surface area contributed by atoms with Crippen LogP contribution in [0.2, 0.25) is 0 Å². The highest BCUT2D eigenvalue weighted by atomic mass is 19.4. The highest BCUT2D eigenvalue weighted by Gasteiger charge is 2.47. The molecule has 1 heterocycles. The van der Waals surface area contributed by atoms with Crippen molar-refractivity contribution >= 4 is 34.0 Å². The lowest BCUT2D eigenvalue weighted by atomic mass is 9.12. The first-order chi connectivity index (χ1) is 35.1. The molecule has 0 aliphatic rings. The molecule has 0 N–H and O–H groups in total. The van der Waals surface area contributed by atoms with Gasteiger partial charge in [0.1, 0.15) is 6.15 Å². The number of halogens is 24. The van der Waals surface area contributed by atoms with Crippen LogP contribution >= 0.6 is 0 Å². The molecule has 0 radical (unpaired) electrons. The van der Waals surface area contributed by atoms with Gasteiger partial charge in [0.05, 0.1) is 50.7 Å². The zero-order chi connectivity index (χ0) is 58.1. The minimum Gasteiger partial charge on any atom is -0.455 e. The van der Waals surface area contributed by atoms with Gasteiger partial charge in [-0.25, -0.2) is 9.78 Å². The van der Waals surface area contributed by atoms with E-state index in [0.717, 1.165) is 5.56 Å². The SMILES string of the molecule is FC(F)(F)c1cc([B-](c2cc(C(F)(F)F)cc(C(F)(F)F)c2)(c2cc(C(F)(F)F)cc(C(F)(F)F)c2)c2cc(C(F)(F)F)cc(C(F)(F)F)c2)cc(C(F)(F)F)c1.[N-]=[N+]=NCOC(=O)c1c[n+](Cc2ccccc2)ccn1. The zero-order valence-corrected chi connectivity index (χ0v) is 37.2. The van der Waals surface area contributed by atoms with E-state index < -0.39 is 201 Å². The molecule has 7 nitrogen and oxygen atoms in total. The summed E-state index contributed by atoms with van der Waals surface area (Å²) in [4.78, 5) is 18.1. The smallest absolute Gasteiger partial charge is 0.416 e. The monoisotopic (exact) mass is 1130 g/mol. The number of nitrogens with zero attached hydrogens (tertiary/aromatic N) is 5. The van der Waals surface area contributed by atoms with Gasteiger partial charge in [0.25, 0.3) is 0 Å². The van der Waals surface area contributed by atoms with Crippen LogP contribution in [-0.4, -0.2) is 23.8 Å². The van der Waals surface area contributed by atoms with Crippen LogP contribution in [0.5, 0.6) is 0 Å². The molecule has 0 bridgehead atoms. The Bertz CT molecular complexity index is 2720. The molecule has 0 spiro atoms. The van der Waals surface area contributed by atoms with Crippen molar-refractivity contribution in [1.29, 1.82) is 0 Å². The predicted octanol–water partition coefficient (Wildman–Crippen LogP) is 13.1. The largest absolute Gasteiger partial charge is 0.455 e. The molecule has 0 atom stereocenters. The average Bonchev–Trinajstić information content (AvgIpc) is 3.30. The van der Waals surface area contributed by atoms with Crippen LogP contribution < -0.4 is 26.4 Å². The zero-order valence-electron chi connectivity index (χ0n) is 37.2. The first kappa shape index (κ1) is 60.2. The van der Waals surface area contributed by atoms with Gasteiger partial charge in [-0.15, -0.1) is 0 Å². The fourth-order valence-corrected chi connectivity index (χ4v) is 7.69. The third-order valence-electron chi connectivity index (χ3n) is 10.9. The Balaban J connectivity index is 0.000000455. The van der Waals surface area contributed by atoms with Crippen LogP contribution in [-0.2, 0) is 60.7 Å². The van der Waals surface area contributed by atoms with E-state index in [1.54, 1.807) is 12.4 Å². The van der Waals surface area contributed by atoms with E-state index in [0.29, 0.717) is 6.54 Å². The minimum absolute atomic E-state index is 0.163. The van der Waals surface area contributed by atoms with Crippen LogP contribution in [0.3, 0.4) is 0 Å². The fraction of sp³-hybridized carbons (Fsp3) is 0.222. The summed E-state index contributed by atoms with van der Waals surface area (Å²) in [6.45, 7) is 0.282. The summed E-state index contributed by atoms with van der Waals surface area (Å²) in [5.74, 6) is -0.625. The number of benzene rings is 5. The highest BCUT2D eigenvalue weighted by Crippen LogP contribution is 2.41. The number of carbonyl (C=O) groups is 1. The number of aromatic nitrogens is 2. The van der Waals surface area contributed by atoms with E-state index in [1.165, 1.54) is 6.20 Å². The summed E-state index contributed by atoms with van der Waals surface area (Å²) in [5.41, 5.74) is -20.8. The lowest BCUT2D eigenvalue weighted by Crippen LogP contribution is -2.75. The van der Waals surface area contributed by atoms with Gasteiger partial charge in [0.2, 0.25) is 11.9 Å². The van der Waals surface area contributed by atoms with Gasteiger partial charge in [-0.2, -0.15) is 132 Å². The number of carbonyl (C=O) groups excluding carboxylic acids is 1. The molecule has 0 saturated carbocycles. The number of hydrogen-bond acceptors (Lipinski definition) is 4. The number of hydrogen-bond donors (Lipinski definition) is 0. The van der Waals surface area contributed by atoms with Gasteiger partial charge in [0.15, 0.2) is 19.5 Å². The van der Waals surface area contributed by atoms with Gasteiger partial charge in [-0.05, 0) is 29.8 Å². The Morgan fingerprint density at radius 2 is 0.766 bits per heavy atom. The number of rotatable bonds is 9. The van der Waals surface area contributed by atoms with E-state index >= 15 is 0 Å². The summed E-state index contributed by atoms with van der Waals surface area (Å²) in [7, 11) is 0. The first-order valence-electron chi connectivity index (χ1n) is 20.5. The summed E-state index contributed by atoms with van der Waals surface area (Å²) in [5, 5.41) is 3.13. The van der Waals surface area contributed by atoms with Crippen molar-refractivity contribution in [2.75, 3.05) is 6.73 Å². The Morgan fingerprint density at radius 1 is 0.481 bits per heavy atom. The summed E-state index contributed by atoms with van der Waals surface area (Å²) in [6.07, 6.45) is -49.9. The molecule has 0 unspecified atom stereocenters. The van der Waals surface area contributed by atoms with Crippen molar-refractivity contribution in [3.63, 3.8) is 0 Å². The van der Waals surface area contributed by atoms with Crippen molar-refractivity contribution in [3.05, 3.63) is 188 Å². The Labute approximate surface area is 413 Å². The Morgan fingerprint density at radius 3 is 1.03 bits per heavy atom. The Kier molecular flexibility index (Phi) is 16.7. The van der Waals surface area contributed by atoms with E-state index in [9.17, 15) is 110 Å². The minimum atomic E-state index is -6.13. The number of ether oxygens (including phenoxy) is 1. The molecule has 0 aliphatic heterocycles. The normalized spacial score (nSPS) is 13.1. The maximum Gasteiger partial charge on any atom is 0.416 e. The van der Waals surface area contributed by atoms with Crippen molar-refractivity contribution in [2.45, 2.75) is 56.0 Å². The maximum absolute atomic E-state index is 14.2. The number of esters is 1. The summed E-state index contributed by atoms with van der Waals surface area (Å²) < 4.78 is 347. The molecular formula is C45H24BF24N5O2. The molecule has 5 aromatic carbocycles. The quantitative estimate of drug-likeness (QED) is 0.0275. The van der Waals surface area contributed by atoms with Crippen LogP contribution in [0.4, 0.5) is 105 Å². The topological polar surface area (TPSA) is 91.8 Å². The number of alkyl halides is 24. The van der Waals surface area contributed by atoms with Crippen molar-refractivity contribution < 1.29 is 119 Å². The summed E-state index contributed by atoms with van der Waals surface area (Å²) >= 11 is 0. The molecule has 412 valence electrons. The molecule has 0 aliphatic carbocycles. The van der Waals surface area contributed by atoms with Gasteiger partial charge in [-0.3, -0.25) is 0 Å². The van der Waals surface area contributed by atoms with Gasteiger partial charge in [-0.1, -0.05) is 84.0 Å². The molecule has 1 aromatic heterocycles. The van der Waals surface area contributed by atoms with Crippen LogP contribution in [0.1, 0.15) is 60.6 Å². The second-order valence-corrected chi connectivity index (χ2v) is 16.1. The average molecular weight is 1130 g/mol. The van der Waals surface area contributed by atoms with Gasteiger partial charge in [0, 0.05) is 10.5 Å². The van der Waals surface area contributed by atoms with Crippen molar-refractivity contribution in [2.24, 2.45) is 5.11 Å². The van der Waals surface area contributed by atoms with Gasteiger partial charge >= 0.3 is 55.4 Å². The lowest BCUT2D eigenvalue weighted by molar-refractivity contribution is -0.689. The van der Waals surface area contributed by atoms with Crippen LogP contribution in [0.25, 0.3) is 10.4 Å². The second-order valence-electron chi connectivity index (χ2n) is 16.1. The third kappa shape index (κ3) is 14.6. The fourth-order valence-electron chi connectivity index (χ4n) is 7.69. The van der Waals surface area contributed by atoms with E-state index in [4.69, 9.17) is 10.3 Å². The molecule has 0 fully saturated rings. The lowest BCUT2D eigenvalue weighted by Gasteiger charge is -2.46. The Hall–Kier alpha value is -7.66. The van der Waals surface area contributed by atoms with E-state index in [1.807, 2.05) is 34.9 Å². The van der Waals surface area contributed by atoms with E-state index in [-0.39, 0.29) is 12.4 Å². The molecule has 6 aromatic rings. The van der Waals surface area contributed by atoms with Crippen LogP contribution in [0, 0.1) is 0 Å². The summed E-state index contributed by atoms with van der Waals surface area (Å²) in [6, 6.07) is 1.02. The molecule has 0 saturated heterocycles. The van der Waals surface area contributed by atoms with Crippen LogP contribution in [0.15, 0.2) is 127 Å². The highest BCUT2D eigenvalue weighted by molar-refractivity contribution is 7.20. The molecular weight excluding hydrogens is 1110 g/mol. The van der Waals surface area contributed by atoms with Crippen molar-refractivity contribution in [3.8, 4) is 0 Å². The molecule has 0 amide bonds. The number of azide groups is 1. The molecule has 32 heteroatoms. The maximum atomic E-state index is 14.2. The van der Waals surface area contributed by atoms with Gasteiger partial charge < -0.3 is 4.74 Å². The predicted molar refractivity (Wildman–Crippen MR) is 219 cm³/mol. The standard InChI is InChI=1S/C32H12BF24.C13H12N5O2/c34-25(35,36)13-1-14(26(37,38)39)6-21(5-13)33(22-7-15(27(40,41)42)2-16(8-22)28(43,44)45,23-9-17(29(46,47)48)3-18(10-23)30(49,50)51)24-11-19(31(52,53)54)4-20(12-24)32(55,56)57;14-17-16-10-20-13(19)12-9-18(7-6-15-12)8-11-4-2-1-3-5-11/h1-12H;1-7,9H,8,10H2/q-1;+1. The molecule has 6 rings (SSSR count).